The average molecular weight is 446 g/mol. The molecule has 0 amide bonds. The van der Waals surface area contributed by atoms with E-state index in [1.54, 1.807) is 18.5 Å². The standard InChI is InChI=1S/C22H29F2N7O/c1-30(26)20(21(23)24)18(25)16-11-15(13-5-3-2-4-6-13)22(32)31(29-16)12-17-19(14-7-8-14)28-10-9-27-17/h9-11,13-14,21H,2-8,12,25-26H2,1H3/b20-18-. The molecule has 0 bridgehead atoms. The monoisotopic (exact) mass is 445 g/mol. The predicted octanol–water partition coefficient (Wildman–Crippen LogP) is 2.70. The maximum absolute atomic E-state index is 13.6. The Morgan fingerprint density at radius 1 is 1.16 bits per heavy atom. The van der Waals surface area contributed by atoms with Crippen molar-refractivity contribution in [2.45, 2.75) is 69.8 Å². The second-order valence-electron chi connectivity index (χ2n) is 8.66. The van der Waals surface area contributed by atoms with Gasteiger partial charge in [-0.1, -0.05) is 19.3 Å². The normalized spacial score (nSPS) is 18.0. The number of rotatable bonds is 7. The number of halogens is 2. The topological polar surface area (TPSA) is 116 Å². The number of alkyl halides is 2. The van der Waals surface area contributed by atoms with Crippen LogP contribution in [0.1, 0.15) is 79.4 Å². The largest absolute Gasteiger partial charge is 0.395 e. The van der Waals surface area contributed by atoms with Crippen LogP contribution in [0.3, 0.4) is 0 Å². The lowest BCUT2D eigenvalue weighted by molar-refractivity contribution is 0.150. The molecule has 4 N–H and O–H groups in total. The summed E-state index contributed by atoms with van der Waals surface area (Å²) in [4.78, 5) is 22.3. The number of nitrogens with zero attached hydrogens (tertiary/aromatic N) is 5. The fourth-order valence-corrected chi connectivity index (χ4v) is 4.44. The summed E-state index contributed by atoms with van der Waals surface area (Å²) < 4.78 is 28.6. The minimum atomic E-state index is -2.88. The summed E-state index contributed by atoms with van der Waals surface area (Å²) >= 11 is 0. The van der Waals surface area contributed by atoms with E-state index in [2.05, 4.69) is 15.1 Å². The molecule has 0 atom stereocenters. The van der Waals surface area contributed by atoms with Gasteiger partial charge in [0.15, 0.2) is 0 Å². The molecule has 4 rings (SSSR count). The van der Waals surface area contributed by atoms with Gasteiger partial charge in [0.2, 0.25) is 0 Å². The molecule has 0 unspecified atom stereocenters. The first-order valence-corrected chi connectivity index (χ1v) is 11.0. The van der Waals surface area contributed by atoms with E-state index in [0.29, 0.717) is 17.2 Å². The number of hydrazine groups is 1. The van der Waals surface area contributed by atoms with Crippen molar-refractivity contribution in [2.75, 3.05) is 7.05 Å². The van der Waals surface area contributed by atoms with Crippen LogP contribution in [0.5, 0.6) is 0 Å². The smallest absolute Gasteiger partial charge is 0.281 e. The highest BCUT2D eigenvalue weighted by atomic mass is 19.3. The van der Waals surface area contributed by atoms with E-state index in [1.165, 1.54) is 11.7 Å². The van der Waals surface area contributed by atoms with Gasteiger partial charge < -0.3 is 10.7 Å². The van der Waals surface area contributed by atoms with Gasteiger partial charge in [-0.3, -0.25) is 14.8 Å². The first kappa shape index (κ1) is 22.3. The van der Waals surface area contributed by atoms with E-state index in [0.717, 1.165) is 55.6 Å². The number of nitrogens with two attached hydrogens (primary N) is 2. The predicted molar refractivity (Wildman–Crippen MR) is 116 cm³/mol. The maximum atomic E-state index is 13.6. The van der Waals surface area contributed by atoms with Crippen molar-refractivity contribution >= 4 is 5.70 Å². The van der Waals surface area contributed by atoms with E-state index in [4.69, 9.17) is 11.6 Å². The van der Waals surface area contributed by atoms with Crippen molar-refractivity contribution < 1.29 is 8.78 Å². The number of hydrogen-bond donors (Lipinski definition) is 2. The molecule has 2 heterocycles. The number of hydrogen-bond acceptors (Lipinski definition) is 7. The third-order valence-electron chi connectivity index (χ3n) is 6.26. The zero-order valence-corrected chi connectivity index (χ0v) is 18.2. The Balaban J connectivity index is 1.83. The third-order valence-corrected chi connectivity index (χ3v) is 6.26. The Morgan fingerprint density at radius 3 is 2.47 bits per heavy atom. The Kier molecular flexibility index (Phi) is 6.50. The first-order valence-electron chi connectivity index (χ1n) is 11.0. The Morgan fingerprint density at radius 2 is 1.84 bits per heavy atom. The van der Waals surface area contributed by atoms with Crippen molar-refractivity contribution in [3.63, 3.8) is 0 Å². The molecular formula is C22H29F2N7O. The summed E-state index contributed by atoms with van der Waals surface area (Å²) in [6, 6.07) is 1.56. The maximum Gasteiger partial charge on any atom is 0.281 e. The van der Waals surface area contributed by atoms with Crippen molar-refractivity contribution in [3.8, 4) is 0 Å². The van der Waals surface area contributed by atoms with E-state index >= 15 is 0 Å². The summed E-state index contributed by atoms with van der Waals surface area (Å²) in [6.07, 6.45) is 7.35. The van der Waals surface area contributed by atoms with Gasteiger partial charge in [-0.15, -0.1) is 0 Å². The van der Waals surface area contributed by atoms with Gasteiger partial charge in [-0.25, -0.2) is 19.3 Å². The van der Waals surface area contributed by atoms with E-state index < -0.39 is 12.1 Å². The Hall–Kier alpha value is -2.88. The van der Waals surface area contributed by atoms with Crippen molar-refractivity contribution in [2.24, 2.45) is 11.6 Å². The van der Waals surface area contributed by atoms with Crippen LogP contribution in [-0.2, 0) is 6.54 Å². The quantitative estimate of drug-likeness (QED) is 0.497. The molecule has 2 aliphatic rings. The van der Waals surface area contributed by atoms with Gasteiger partial charge in [-0.05, 0) is 37.7 Å². The van der Waals surface area contributed by atoms with Crippen LogP contribution in [0.2, 0.25) is 0 Å². The van der Waals surface area contributed by atoms with E-state index in [1.807, 2.05) is 0 Å². The third kappa shape index (κ3) is 4.64. The molecule has 32 heavy (non-hydrogen) atoms. The van der Waals surface area contributed by atoms with Crippen molar-refractivity contribution in [3.05, 3.63) is 57.2 Å². The van der Waals surface area contributed by atoms with E-state index in [-0.39, 0.29) is 29.4 Å². The molecule has 2 fully saturated rings. The van der Waals surface area contributed by atoms with Crippen LogP contribution in [0, 0.1) is 0 Å². The van der Waals surface area contributed by atoms with Crippen LogP contribution in [0.4, 0.5) is 8.78 Å². The van der Waals surface area contributed by atoms with Crippen LogP contribution in [0.25, 0.3) is 5.70 Å². The summed E-state index contributed by atoms with van der Waals surface area (Å²) in [5.74, 6) is 6.00. The molecule has 0 spiro atoms. The van der Waals surface area contributed by atoms with Gasteiger partial charge in [0.25, 0.3) is 12.0 Å². The number of aromatic nitrogens is 4. The van der Waals surface area contributed by atoms with Crippen LogP contribution >= 0.6 is 0 Å². The zero-order valence-electron chi connectivity index (χ0n) is 18.2. The fourth-order valence-electron chi connectivity index (χ4n) is 4.44. The van der Waals surface area contributed by atoms with Crippen molar-refractivity contribution in [1.82, 2.24) is 24.8 Å². The van der Waals surface area contributed by atoms with Gasteiger partial charge in [-0.2, -0.15) is 5.10 Å². The van der Waals surface area contributed by atoms with Crippen molar-refractivity contribution in [1.29, 1.82) is 0 Å². The lowest BCUT2D eigenvalue weighted by atomic mass is 9.84. The number of allylic oxidation sites excluding steroid dienone is 1. The molecular weight excluding hydrogens is 416 g/mol. The average Bonchev–Trinajstić information content (AvgIpc) is 3.61. The second kappa shape index (κ2) is 9.32. The van der Waals surface area contributed by atoms with Gasteiger partial charge in [0, 0.05) is 30.9 Å². The minimum Gasteiger partial charge on any atom is -0.395 e. The molecule has 0 saturated heterocycles. The SMILES string of the molecule is CN(N)/C(=C(\N)c1cc(C2CCCCC2)c(=O)n(Cc2nccnc2C2CC2)n1)C(F)F. The summed E-state index contributed by atoms with van der Waals surface area (Å²) in [5.41, 5.74) is 7.32. The zero-order chi connectivity index (χ0) is 22.8. The molecule has 2 saturated carbocycles. The highest BCUT2D eigenvalue weighted by Gasteiger charge is 2.29. The Bertz CT molecular complexity index is 1050. The van der Waals surface area contributed by atoms with Crippen LogP contribution in [0.15, 0.2) is 29.0 Å². The summed E-state index contributed by atoms with van der Waals surface area (Å²) in [6.45, 7) is 0.113. The van der Waals surface area contributed by atoms with Crippen LogP contribution < -0.4 is 17.1 Å². The van der Waals surface area contributed by atoms with Gasteiger partial charge in [0.1, 0.15) is 11.4 Å². The van der Waals surface area contributed by atoms with Crippen LogP contribution in [-0.4, -0.2) is 38.2 Å². The first-order chi connectivity index (χ1) is 15.4. The molecule has 2 aliphatic carbocycles. The molecule has 0 aliphatic heterocycles. The molecule has 172 valence electrons. The minimum absolute atomic E-state index is 0.0485. The lowest BCUT2D eigenvalue weighted by Crippen LogP contribution is -2.34. The fraction of sp³-hybridized carbons (Fsp3) is 0.545. The molecule has 0 radical (unpaired) electrons. The highest BCUT2D eigenvalue weighted by molar-refractivity contribution is 5.63. The molecule has 10 heteroatoms. The highest BCUT2D eigenvalue weighted by Crippen LogP contribution is 2.40. The van der Waals surface area contributed by atoms with Gasteiger partial charge >= 0.3 is 0 Å². The summed E-state index contributed by atoms with van der Waals surface area (Å²) in [5, 5.41) is 5.16. The Labute approximate surface area is 185 Å². The van der Waals surface area contributed by atoms with Gasteiger partial charge in [0.05, 0.1) is 23.6 Å². The van der Waals surface area contributed by atoms with E-state index in [9.17, 15) is 13.6 Å². The lowest BCUT2D eigenvalue weighted by Gasteiger charge is -2.23. The second-order valence-corrected chi connectivity index (χ2v) is 8.66. The molecule has 8 nitrogen and oxygen atoms in total. The summed E-state index contributed by atoms with van der Waals surface area (Å²) in [7, 11) is 1.30. The molecule has 2 aromatic rings. The molecule has 0 aromatic carbocycles. The molecule has 2 aromatic heterocycles.